The second-order valence-corrected chi connectivity index (χ2v) is 34.0. The first kappa shape index (κ1) is 113. The van der Waals surface area contributed by atoms with Crippen LogP contribution < -0.4 is 120 Å². The second kappa shape index (κ2) is 55.6. The Kier molecular flexibility index (Phi) is 48.3. The van der Waals surface area contributed by atoms with Crippen molar-refractivity contribution in [3.05, 3.63) is 59.7 Å². The lowest BCUT2D eigenvalue weighted by molar-refractivity contribution is -0.142. The summed E-state index contributed by atoms with van der Waals surface area (Å²) in [5, 5.41) is 116. The lowest BCUT2D eigenvalue weighted by Gasteiger charge is -2.34. The van der Waals surface area contributed by atoms with Gasteiger partial charge in [0.15, 0.2) is 5.96 Å². The summed E-state index contributed by atoms with van der Waals surface area (Å²) >= 11 is 8.72. The van der Waals surface area contributed by atoms with Crippen LogP contribution >= 0.6 is 25.3 Å². The molecule has 728 valence electrons. The van der Waals surface area contributed by atoms with Gasteiger partial charge in [-0.15, -0.1) is 0 Å². The number of carbonyl (C=O) groups is 17. The van der Waals surface area contributed by atoms with Gasteiger partial charge < -0.3 is 161 Å². The maximum atomic E-state index is 14.7. The number of hydrogen-bond acceptors (Lipinski definition) is 31. The maximum absolute atomic E-state index is 14.7. The molecule has 3 rings (SSSR count). The molecule has 37 N–H and O–H groups in total. The number of carboxylic acids is 1. The minimum absolute atomic E-state index is 0.0512. The number of nitrogens with zero attached hydrogens (tertiary/aromatic N) is 1. The number of likely N-dealkylation sites (tertiary alicyclic amines) is 1. The number of phenols is 2. The molecular weight excluding hydrogens is 1750 g/mol. The number of amides is 16. The Morgan fingerprint density at radius 3 is 1.26 bits per heavy atom. The first-order valence-corrected chi connectivity index (χ1v) is 43.3. The minimum Gasteiger partial charge on any atom is -0.508 e. The number of β-amino-alcohol motifs (C(OH)–C–C–N with tert-alkyl or cyclic N) is 1. The number of guanidine groups is 1. The largest absolute Gasteiger partial charge is 0.508 e. The summed E-state index contributed by atoms with van der Waals surface area (Å²) in [4.78, 5) is 238. The molecule has 2 aromatic carbocycles. The number of nitrogens with two attached hydrogens (primary N) is 7. The molecule has 0 unspecified atom stereocenters. The summed E-state index contributed by atoms with van der Waals surface area (Å²) in [6.07, 6.45) is -8.17. The van der Waals surface area contributed by atoms with Crippen molar-refractivity contribution in [3.63, 3.8) is 0 Å². The van der Waals surface area contributed by atoms with Crippen molar-refractivity contribution < 1.29 is 117 Å². The van der Waals surface area contributed by atoms with Gasteiger partial charge in [0.1, 0.15) is 102 Å². The van der Waals surface area contributed by atoms with Crippen LogP contribution in [0.4, 0.5) is 0 Å². The molecule has 1 aliphatic rings. The fourth-order valence-electron chi connectivity index (χ4n) is 13.2. The van der Waals surface area contributed by atoms with Gasteiger partial charge in [-0.3, -0.25) is 82.1 Å². The number of primary amides is 1. The SMILES string of the molecule is CC[C@H](C)[C@H](NC(=O)[C@@H]1C[C@@H](O)CN1C(=O)[C@@H](N)C(C)C)C(=O)N[C@H](C(=O)N[C@@H](Cc1ccc(O)cc1)C(=O)N[C@H](C(=O)N[C@@H](CC(N)=O)C(=O)N[C@@H](CCCNC(=N)N)C(=O)N[C@@H](CCN)C(=O)N[C@H](C(=O)N[C@H](CCN)C(=O)N[C@@H](CCCN)C(=O)N[C@@H](CCN)C(=O)N[C@@H](CO)C(=O)N[C@@H](CS)C(=O)N[C@@H](Cc1ccc(O)cc1)C(=O)O)[C@@H](C)O)[C@@H](C)O)C(C)(C)S. The van der Waals surface area contributed by atoms with E-state index in [9.17, 15) is 117 Å². The van der Waals surface area contributed by atoms with Gasteiger partial charge in [0, 0.05) is 42.9 Å². The van der Waals surface area contributed by atoms with Gasteiger partial charge in [-0.2, -0.15) is 25.3 Å². The molecule has 1 aliphatic heterocycles. The van der Waals surface area contributed by atoms with Crippen molar-refractivity contribution in [1.29, 1.82) is 5.41 Å². The molecule has 16 amide bonds. The highest BCUT2D eigenvalue weighted by Gasteiger charge is 2.46. The molecule has 0 bridgehead atoms. The fraction of sp³-hybridized carbons (Fsp3) is 0.625. The van der Waals surface area contributed by atoms with Crippen molar-refractivity contribution in [1.82, 2.24) is 84.7 Å². The standard InChI is InChI=1S/C80H132N24O24S2/c1-9-38(4)59(100-72(121)56-32-45(110)34-104(56)77(126)58(86)37(2)3)73(122)103-62(80(7,8)130)76(125)96-51(30-41-14-18-43(108)19-15-41)69(118)102-61(40(6)107)75(124)95-52(33-57(85)111)68(117)91-47(13-11-29-89-79(87)88)64(113)93-50(24-28-84)67(116)101-60(39(5)106)74(123)94-49(23-27-83)65(114)90-46(12-10-25-81)63(112)92-48(22-26-82)66(115)98-54(35-105)70(119)99-55(36-129)71(120)97-53(78(127)128)31-42-16-20-44(109)21-17-42/h14-21,37-40,45-56,58-62,105-110,129-130H,9-13,22-36,81-84,86H2,1-8H3,(H2,85,111)(H,90,114)(H,91,117)(H,92,112)(H,93,113)(H,94,123)(H,95,124)(H,96,125)(H,97,120)(H,98,115)(H,99,119)(H,100,121)(H,101,116)(H,102,118)(H,103,122)(H,127,128)(H4,87,88,89)/t38-,39+,40+,45+,46-,47-,48-,49+,50-,51-,52-,53-,54-,55-,56-,58-,59-,60-,61-,62+/m0/s1. The zero-order chi connectivity index (χ0) is 98.3. The number of thiol groups is 2. The van der Waals surface area contributed by atoms with Crippen molar-refractivity contribution in [2.45, 2.75) is 252 Å². The molecule has 0 aliphatic carbocycles. The number of aliphatic hydroxyl groups excluding tert-OH is 4. The number of benzene rings is 2. The van der Waals surface area contributed by atoms with Gasteiger partial charge in [-0.1, -0.05) is 58.4 Å². The number of carbonyl (C=O) groups excluding carboxylic acids is 16. The Balaban J connectivity index is 1.90. The van der Waals surface area contributed by atoms with Crippen LogP contribution in [0.2, 0.25) is 0 Å². The lowest BCUT2D eigenvalue weighted by atomic mass is 9.95. The summed E-state index contributed by atoms with van der Waals surface area (Å²) in [5.74, 6) is -21.2. The molecule has 0 spiro atoms. The van der Waals surface area contributed by atoms with Gasteiger partial charge >= 0.3 is 5.97 Å². The number of hydrogen-bond donors (Lipinski definition) is 32. The molecule has 2 aromatic rings. The van der Waals surface area contributed by atoms with Crippen LogP contribution in [0.3, 0.4) is 0 Å². The number of aliphatic carboxylic acids is 1. The second-order valence-electron chi connectivity index (χ2n) is 32.5. The topological polar surface area (TPSA) is 821 Å². The smallest absolute Gasteiger partial charge is 0.326 e. The van der Waals surface area contributed by atoms with E-state index in [1.54, 1.807) is 27.7 Å². The zero-order valence-corrected chi connectivity index (χ0v) is 75.6. The predicted molar refractivity (Wildman–Crippen MR) is 476 cm³/mol. The van der Waals surface area contributed by atoms with Gasteiger partial charge in [-0.05, 0) is 146 Å². The highest BCUT2D eigenvalue weighted by molar-refractivity contribution is 7.81. The number of phenolic OH excluding ortho intramolecular Hbond substituents is 2. The van der Waals surface area contributed by atoms with Crippen molar-refractivity contribution in [2.24, 2.45) is 52.0 Å². The fourth-order valence-corrected chi connectivity index (χ4v) is 13.6. The lowest BCUT2D eigenvalue weighted by Crippen LogP contribution is -2.64. The number of nitrogens with one attached hydrogen (secondary N) is 16. The third kappa shape index (κ3) is 37.2. The summed E-state index contributed by atoms with van der Waals surface area (Å²) in [7, 11) is 0. The zero-order valence-electron chi connectivity index (χ0n) is 73.8. The van der Waals surface area contributed by atoms with E-state index in [0.717, 1.165) is 18.7 Å². The Hall–Kier alpha value is -11.4. The maximum Gasteiger partial charge on any atom is 0.326 e. The van der Waals surface area contributed by atoms with Gasteiger partial charge in [0.2, 0.25) is 94.5 Å². The molecule has 0 radical (unpaired) electrons. The van der Waals surface area contributed by atoms with E-state index < -0.39 is 264 Å². The first-order chi connectivity index (χ1) is 61.0. The van der Waals surface area contributed by atoms with E-state index in [0.29, 0.717) is 5.56 Å². The molecule has 1 fully saturated rings. The van der Waals surface area contributed by atoms with Crippen molar-refractivity contribution in [3.8, 4) is 11.5 Å². The van der Waals surface area contributed by atoms with Gasteiger partial charge in [0.25, 0.3) is 0 Å². The van der Waals surface area contributed by atoms with E-state index in [1.807, 2.05) is 0 Å². The Labute approximate surface area is 762 Å². The van der Waals surface area contributed by atoms with Crippen LogP contribution in [-0.4, -0.2) is 318 Å². The number of aromatic hydroxyl groups is 2. The molecule has 20 atom stereocenters. The third-order valence-electron chi connectivity index (χ3n) is 20.9. The quantitative estimate of drug-likeness (QED) is 0.0127. The summed E-state index contributed by atoms with van der Waals surface area (Å²) in [5.41, 5.74) is 41.3. The summed E-state index contributed by atoms with van der Waals surface area (Å²) in [6.45, 7) is 9.29. The normalized spacial score (nSPS) is 17.3. The van der Waals surface area contributed by atoms with Gasteiger partial charge in [0.05, 0.1) is 37.4 Å². The molecule has 50 heteroatoms. The van der Waals surface area contributed by atoms with Crippen LogP contribution in [0.5, 0.6) is 11.5 Å². The van der Waals surface area contributed by atoms with E-state index in [1.165, 1.54) is 62.4 Å². The van der Waals surface area contributed by atoms with Crippen LogP contribution in [-0.2, 0) is 94.3 Å². The van der Waals surface area contributed by atoms with Gasteiger partial charge in [-0.25, -0.2) is 4.79 Å². The third-order valence-corrected chi connectivity index (χ3v) is 21.5. The first-order valence-electron chi connectivity index (χ1n) is 42.3. The molecular formula is C80H132N24O24S2. The van der Waals surface area contributed by atoms with Crippen molar-refractivity contribution in [2.75, 3.05) is 51.6 Å². The average Bonchev–Trinajstić information content (AvgIpc) is 1.56. The molecule has 0 aromatic heterocycles. The molecule has 1 heterocycles. The van der Waals surface area contributed by atoms with Crippen LogP contribution in [0, 0.1) is 17.2 Å². The molecule has 1 saturated heterocycles. The Morgan fingerprint density at radius 1 is 0.492 bits per heavy atom. The average molecular weight is 1880 g/mol. The predicted octanol–water partition coefficient (Wildman–Crippen LogP) is -10.9. The molecule has 48 nitrogen and oxygen atoms in total. The Morgan fingerprint density at radius 2 is 0.862 bits per heavy atom. The molecule has 130 heavy (non-hydrogen) atoms. The number of aliphatic hydroxyl groups is 4. The summed E-state index contributed by atoms with van der Waals surface area (Å²) in [6, 6.07) is -15.6. The van der Waals surface area contributed by atoms with E-state index in [4.69, 9.17) is 45.5 Å². The van der Waals surface area contributed by atoms with E-state index in [-0.39, 0.29) is 120 Å². The minimum atomic E-state index is -2.08. The van der Waals surface area contributed by atoms with Crippen LogP contribution in [0.25, 0.3) is 0 Å². The summed E-state index contributed by atoms with van der Waals surface area (Å²) < 4.78 is -1.49. The highest BCUT2D eigenvalue weighted by Crippen LogP contribution is 2.24. The van der Waals surface area contributed by atoms with E-state index >= 15 is 0 Å². The number of carboxylic acid groups (broad SMARTS) is 1. The van der Waals surface area contributed by atoms with Crippen LogP contribution in [0.15, 0.2) is 48.5 Å². The molecule has 0 saturated carbocycles. The van der Waals surface area contributed by atoms with E-state index in [2.05, 4.69) is 105 Å². The highest BCUT2D eigenvalue weighted by atomic mass is 32.1. The Bertz CT molecular complexity index is 4170. The van der Waals surface area contributed by atoms with Crippen molar-refractivity contribution >= 4 is 132 Å². The number of rotatable bonds is 57. The monoisotopic (exact) mass is 1880 g/mol. The van der Waals surface area contributed by atoms with Crippen LogP contribution in [0.1, 0.15) is 131 Å².